The lowest BCUT2D eigenvalue weighted by Gasteiger charge is -2.34. The summed E-state index contributed by atoms with van der Waals surface area (Å²) in [5, 5.41) is 3.22. The first-order valence-corrected chi connectivity index (χ1v) is 5.45. The predicted molar refractivity (Wildman–Crippen MR) is 55.4 cm³/mol. The van der Waals surface area contributed by atoms with Gasteiger partial charge < -0.3 is 14.8 Å². The van der Waals surface area contributed by atoms with E-state index in [9.17, 15) is 0 Å². The van der Waals surface area contributed by atoms with Gasteiger partial charge in [0.05, 0.1) is 23.4 Å². The third kappa shape index (κ3) is 1.95. The lowest BCUT2D eigenvalue weighted by Crippen LogP contribution is -2.52. The Morgan fingerprint density at radius 1 is 1.21 bits per heavy atom. The van der Waals surface area contributed by atoms with Crippen molar-refractivity contribution in [3.63, 3.8) is 0 Å². The first-order valence-electron chi connectivity index (χ1n) is 5.45. The molecule has 0 radical (unpaired) electrons. The van der Waals surface area contributed by atoms with Crippen molar-refractivity contribution in [3.8, 4) is 0 Å². The number of ether oxygens (including phenoxy) is 2. The Morgan fingerprint density at radius 3 is 2.21 bits per heavy atom. The fourth-order valence-electron chi connectivity index (χ4n) is 2.31. The second-order valence-electron chi connectivity index (χ2n) is 5.57. The maximum atomic E-state index is 6.01. The lowest BCUT2D eigenvalue weighted by atomic mass is 9.96. The van der Waals surface area contributed by atoms with Crippen LogP contribution in [0.4, 0.5) is 0 Å². The van der Waals surface area contributed by atoms with E-state index in [0.29, 0.717) is 6.10 Å². The summed E-state index contributed by atoms with van der Waals surface area (Å²) in [6, 6.07) is 0. The number of hydrogen-bond acceptors (Lipinski definition) is 3. The fraction of sp³-hybridized carbons (Fsp3) is 1.00. The number of nitrogens with one attached hydrogen (secondary N) is 1. The Hall–Kier alpha value is -0.120. The molecule has 82 valence electrons. The molecule has 1 atom stereocenters. The minimum atomic E-state index is -0.140. The quantitative estimate of drug-likeness (QED) is 0.727. The fourth-order valence-corrected chi connectivity index (χ4v) is 2.31. The van der Waals surface area contributed by atoms with Crippen molar-refractivity contribution in [2.75, 3.05) is 13.1 Å². The summed E-state index contributed by atoms with van der Waals surface area (Å²) < 4.78 is 12.0. The van der Waals surface area contributed by atoms with Crippen molar-refractivity contribution in [1.82, 2.24) is 5.32 Å². The highest BCUT2D eigenvalue weighted by atomic mass is 16.6. The zero-order valence-corrected chi connectivity index (χ0v) is 9.59. The highest BCUT2D eigenvalue weighted by Crippen LogP contribution is 2.39. The minimum Gasteiger partial charge on any atom is -0.369 e. The SMILES string of the molecule is CC1(C)CC(OC2CNC2)C(C)(C)O1. The average molecular weight is 199 g/mol. The molecule has 0 aromatic heterocycles. The molecular weight excluding hydrogens is 178 g/mol. The van der Waals surface area contributed by atoms with Gasteiger partial charge in [0, 0.05) is 19.5 Å². The number of rotatable bonds is 2. The monoisotopic (exact) mass is 199 g/mol. The normalized spacial score (nSPS) is 35.6. The lowest BCUT2D eigenvalue weighted by molar-refractivity contribution is -0.125. The molecule has 2 saturated heterocycles. The van der Waals surface area contributed by atoms with Crippen LogP contribution in [-0.2, 0) is 9.47 Å². The van der Waals surface area contributed by atoms with E-state index in [1.807, 2.05) is 0 Å². The van der Waals surface area contributed by atoms with Crippen LogP contribution in [0.15, 0.2) is 0 Å². The van der Waals surface area contributed by atoms with Crippen molar-refractivity contribution in [2.45, 2.75) is 57.5 Å². The molecule has 14 heavy (non-hydrogen) atoms. The molecule has 0 saturated carbocycles. The van der Waals surface area contributed by atoms with Crippen LogP contribution in [0.1, 0.15) is 34.1 Å². The highest BCUT2D eigenvalue weighted by molar-refractivity contribution is 4.96. The zero-order chi connectivity index (χ0) is 10.4. The van der Waals surface area contributed by atoms with Crippen molar-refractivity contribution < 1.29 is 9.47 Å². The first kappa shape index (κ1) is 10.4. The van der Waals surface area contributed by atoms with Gasteiger partial charge in [-0.15, -0.1) is 0 Å². The van der Waals surface area contributed by atoms with E-state index in [-0.39, 0.29) is 17.3 Å². The van der Waals surface area contributed by atoms with E-state index < -0.39 is 0 Å². The highest BCUT2D eigenvalue weighted by Gasteiger charge is 2.47. The van der Waals surface area contributed by atoms with E-state index in [4.69, 9.17) is 9.47 Å². The largest absolute Gasteiger partial charge is 0.369 e. The molecule has 0 bridgehead atoms. The van der Waals surface area contributed by atoms with Crippen molar-refractivity contribution in [3.05, 3.63) is 0 Å². The summed E-state index contributed by atoms with van der Waals surface area (Å²) in [4.78, 5) is 0. The molecule has 0 aromatic carbocycles. The summed E-state index contributed by atoms with van der Waals surface area (Å²) in [5.41, 5.74) is -0.176. The van der Waals surface area contributed by atoms with Crippen LogP contribution in [0.3, 0.4) is 0 Å². The van der Waals surface area contributed by atoms with Crippen LogP contribution in [-0.4, -0.2) is 36.5 Å². The van der Waals surface area contributed by atoms with Gasteiger partial charge in [-0.1, -0.05) is 0 Å². The van der Waals surface area contributed by atoms with Crippen molar-refractivity contribution in [2.24, 2.45) is 0 Å². The van der Waals surface area contributed by atoms with Gasteiger partial charge in [0.2, 0.25) is 0 Å². The third-order valence-corrected chi connectivity index (χ3v) is 3.09. The van der Waals surface area contributed by atoms with Crippen molar-refractivity contribution >= 4 is 0 Å². The van der Waals surface area contributed by atoms with Crippen LogP contribution >= 0.6 is 0 Å². The molecule has 3 heteroatoms. The van der Waals surface area contributed by atoms with Gasteiger partial charge >= 0.3 is 0 Å². The molecule has 1 unspecified atom stereocenters. The summed E-state index contributed by atoms with van der Waals surface area (Å²) in [5.74, 6) is 0. The minimum absolute atomic E-state index is 0.0364. The molecule has 1 N–H and O–H groups in total. The molecule has 2 rings (SSSR count). The summed E-state index contributed by atoms with van der Waals surface area (Å²) in [6.07, 6.45) is 1.64. The van der Waals surface area contributed by atoms with Gasteiger partial charge in [-0.3, -0.25) is 0 Å². The molecule has 2 fully saturated rings. The molecule has 0 aromatic rings. The maximum absolute atomic E-state index is 6.01. The van der Waals surface area contributed by atoms with Crippen LogP contribution in [0.2, 0.25) is 0 Å². The van der Waals surface area contributed by atoms with Crippen LogP contribution in [0.25, 0.3) is 0 Å². The van der Waals surface area contributed by atoms with Gasteiger partial charge in [0.25, 0.3) is 0 Å². The molecule has 0 aliphatic carbocycles. The molecular formula is C11H21NO2. The molecule has 0 amide bonds. The molecule has 2 aliphatic heterocycles. The van der Waals surface area contributed by atoms with Crippen LogP contribution < -0.4 is 5.32 Å². The van der Waals surface area contributed by atoms with Gasteiger partial charge in [-0.2, -0.15) is 0 Å². The van der Waals surface area contributed by atoms with Gasteiger partial charge in [-0.25, -0.2) is 0 Å². The van der Waals surface area contributed by atoms with Crippen LogP contribution in [0.5, 0.6) is 0 Å². The first-order chi connectivity index (χ1) is 6.39. The standard InChI is InChI=1S/C11H21NO2/c1-10(2)5-9(11(3,4)14-10)13-8-6-12-7-8/h8-9,12H,5-7H2,1-4H3. The van der Waals surface area contributed by atoms with Gasteiger partial charge in [0.15, 0.2) is 0 Å². The summed E-state index contributed by atoms with van der Waals surface area (Å²) in [6.45, 7) is 10.5. The topological polar surface area (TPSA) is 30.5 Å². The molecule has 2 heterocycles. The Balaban J connectivity index is 1.96. The maximum Gasteiger partial charge on any atom is 0.0895 e. The summed E-state index contributed by atoms with van der Waals surface area (Å²) in [7, 11) is 0. The Morgan fingerprint density at radius 2 is 1.86 bits per heavy atom. The number of hydrogen-bond donors (Lipinski definition) is 1. The second kappa shape index (κ2) is 3.19. The van der Waals surface area contributed by atoms with E-state index in [0.717, 1.165) is 19.5 Å². The predicted octanol–water partition coefficient (Wildman–Crippen LogP) is 1.32. The zero-order valence-electron chi connectivity index (χ0n) is 9.59. The van der Waals surface area contributed by atoms with Gasteiger partial charge in [0.1, 0.15) is 0 Å². The van der Waals surface area contributed by atoms with E-state index in [1.54, 1.807) is 0 Å². The summed E-state index contributed by atoms with van der Waals surface area (Å²) >= 11 is 0. The molecule has 3 nitrogen and oxygen atoms in total. The van der Waals surface area contributed by atoms with E-state index in [2.05, 4.69) is 33.0 Å². The third-order valence-electron chi connectivity index (χ3n) is 3.09. The smallest absolute Gasteiger partial charge is 0.0895 e. The average Bonchev–Trinajstić information content (AvgIpc) is 2.10. The van der Waals surface area contributed by atoms with Gasteiger partial charge in [-0.05, 0) is 27.7 Å². The Labute approximate surface area is 86.2 Å². The van der Waals surface area contributed by atoms with E-state index >= 15 is 0 Å². The van der Waals surface area contributed by atoms with Crippen LogP contribution in [0, 0.1) is 0 Å². The Kier molecular flexibility index (Phi) is 2.37. The second-order valence-corrected chi connectivity index (χ2v) is 5.57. The van der Waals surface area contributed by atoms with E-state index in [1.165, 1.54) is 0 Å². The molecule has 2 aliphatic rings. The van der Waals surface area contributed by atoms with Crippen molar-refractivity contribution in [1.29, 1.82) is 0 Å². The molecule has 0 spiro atoms. The Bertz CT molecular complexity index is 221.